The van der Waals surface area contributed by atoms with Crippen molar-refractivity contribution in [2.75, 3.05) is 0 Å². The Morgan fingerprint density at radius 2 is 2.10 bits per heavy atom. The van der Waals surface area contributed by atoms with Crippen LogP contribution >= 0.6 is 0 Å². The standard InChI is InChI=1S/C13H13N3O4/c17-12-5-4-11(13(18)14-12)15-6-8-2-1-3-10(16(19)20)9(8)7-15/h1-3,11H,4-7H2,(H,14,17,18)/t11-/m0/s1. The van der Waals surface area contributed by atoms with E-state index in [0.717, 1.165) is 5.56 Å². The number of nitro benzene ring substituents is 1. The molecule has 1 atom stereocenters. The van der Waals surface area contributed by atoms with E-state index in [-0.39, 0.29) is 23.5 Å². The summed E-state index contributed by atoms with van der Waals surface area (Å²) < 4.78 is 0. The van der Waals surface area contributed by atoms with Gasteiger partial charge in [-0.25, -0.2) is 0 Å². The third-order valence-corrected chi connectivity index (χ3v) is 3.83. The lowest BCUT2D eigenvalue weighted by Gasteiger charge is -2.28. The van der Waals surface area contributed by atoms with E-state index in [1.54, 1.807) is 6.07 Å². The highest BCUT2D eigenvalue weighted by Crippen LogP contribution is 2.32. The number of rotatable bonds is 2. The van der Waals surface area contributed by atoms with Gasteiger partial charge in [0.25, 0.3) is 5.69 Å². The summed E-state index contributed by atoms with van der Waals surface area (Å²) in [4.78, 5) is 35.5. The van der Waals surface area contributed by atoms with Crippen LogP contribution in [-0.4, -0.2) is 27.7 Å². The first-order chi connectivity index (χ1) is 9.56. The van der Waals surface area contributed by atoms with Gasteiger partial charge in [0.05, 0.1) is 11.0 Å². The molecule has 2 amide bonds. The summed E-state index contributed by atoms with van der Waals surface area (Å²) in [6.45, 7) is 0.877. The molecule has 104 valence electrons. The molecule has 2 aliphatic heterocycles. The SMILES string of the molecule is O=C1CC[C@H](N2Cc3cccc([N+](=O)[O-])c3C2)C(=O)N1. The van der Waals surface area contributed by atoms with E-state index < -0.39 is 4.92 Å². The molecule has 0 saturated carbocycles. The largest absolute Gasteiger partial charge is 0.295 e. The molecule has 20 heavy (non-hydrogen) atoms. The number of hydrogen-bond acceptors (Lipinski definition) is 5. The molecule has 3 rings (SSSR count). The molecule has 1 fully saturated rings. The van der Waals surface area contributed by atoms with E-state index in [4.69, 9.17) is 0 Å². The molecule has 7 heteroatoms. The average molecular weight is 275 g/mol. The fourth-order valence-electron chi connectivity index (χ4n) is 2.85. The maximum absolute atomic E-state index is 11.9. The predicted octanol–water partition coefficient (Wildman–Crippen LogP) is 0.716. The Labute approximate surface area is 114 Å². The van der Waals surface area contributed by atoms with E-state index >= 15 is 0 Å². The summed E-state index contributed by atoms with van der Waals surface area (Å²) in [7, 11) is 0. The smallest absolute Gasteiger partial charge is 0.274 e. The minimum atomic E-state index is -0.396. The molecular formula is C13H13N3O4. The Morgan fingerprint density at radius 3 is 2.80 bits per heavy atom. The first-order valence-electron chi connectivity index (χ1n) is 6.39. The number of hydrogen-bond donors (Lipinski definition) is 1. The van der Waals surface area contributed by atoms with Crippen molar-refractivity contribution in [2.45, 2.75) is 32.0 Å². The number of amides is 2. The van der Waals surface area contributed by atoms with Crippen LogP contribution in [0.3, 0.4) is 0 Å². The molecule has 7 nitrogen and oxygen atoms in total. The average Bonchev–Trinajstić information content (AvgIpc) is 2.81. The Hall–Kier alpha value is -2.28. The highest BCUT2D eigenvalue weighted by molar-refractivity contribution is 6.00. The minimum absolute atomic E-state index is 0.0947. The molecule has 1 aromatic carbocycles. The number of fused-ring (bicyclic) bond motifs is 1. The number of nitro groups is 1. The van der Waals surface area contributed by atoms with Crippen LogP contribution in [0.5, 0.6) is 0 Å². The fraction of sp³-hybridized carbons (Fsp3) is 0.385. The summed E-state index contributed by atoms with van der Waals surface area (Å²) in [6.07, 6.45) is 0.776. The monoisotopic (exact) mass is 275 g/mol. The van der Waals surface area contributed by atoms with Gasteiger partial charge in [-0.15, -0.1) is 0 Å². The zero-order valence-electron chi connectivity index (χ0n) is 10.7. The number of piperidine rings is 1. The Bertz CT molecular complexity index is 614. The molecule has 0 spiro atoms. The Morgan fingerprint density at radius 1 is 1.30 bits per heavy atom. The normalized spacial score (nSPS) is 22.5. The summed E-state index contributed by atoms with van der Waals surface area (Å²) in [6, 6.07) is 4.59. The highest BCUT2D eigenvalue weighted by atomic mass is 16.6. The number of imide groups is 1. The first kappa shape index (κ1) is 12.7. The summed E-state index contributed by atoms with van der Waals surface area (Å²) in [5.74, 6) is -0.564. The van der Waals surface area contributed by atoms with Crippen LogP contribution in [0.25, 0.3) is 0 Å². The van der Waals surface area contributed by atoms with Crippen LogP contribution in [0.4, 0.5) is 5.69 Å². The van der Waals surface area contributed by atoms with Gasteiger partial charge in [-0.3, -0.25) is 29.9 Å². The number of carbonyl (C=O) groups excluding carboxylic acids is 2. The maximum Gasteiger partial charge on any atom is 0.274 e. The maximum atomic E-state index is 11.9. The van der Waals surface area contributed by atoms with Gasteiger partial charge >= 0.3 is 0 Å². The van der Waals surface area contributed by atoms with E-state index in [2.05, 4.69) is 5.32 Å². The molecule has 0 radical (unpaired) electrons. The second-order valence-electron chi connectivity index (χ2n) is 5.04. The van der Waals surface area contributed by atoms with Crippen molar-refractivity contribution in [2.24, 2.45) is 0 Å². The zero-order chi connectivity index (χ0) is 14.3. The van der Waals surface area contributed by atoms with Crippen molar-refractivity contribution in [1.82, 2.24) is 10.2 Å². The molecule has 1 saturated heterocycles. The molecule has 0 bridgehead atoms. The summed E-state index contributed by atoms with van der Waals surface area (Å²) >= 11 is 0. The molecule has 2 heterocycles. The van der Waals surface area contributed by atoms with Gasteiger partial charge < -0.3 is 0 Å². The van der Waals surface area contributed by atoms with Crippen LogP contribution in [-0.2, 0) is 22.7 Å². The van der Waals surface area contributed by atoms with Crippen molar-refractivity contribution in [3.63, 3.8) is 0 Å². The highest BCUT2D eigenvalue weighted by Gasteiger charge is 2.36. The van der Waals surface area contributed by atoms with Crippen molar-refractivity contribution in [3.8, 4) is 0 Å². The van der Waals surface area contributed by atoms with Gasteiger partial charge in [-0.05, 0) is 12.0 Å². The Balaban J connectivity index is 1.84. The van der Waals surface area contributed by atoms with E-state index in [1.807, 2.05) is 11.0 Å². The second-order valence-corrected chi connectivity index (χ2v) is 5.04. The molecule has 1 N–H and O–H groups in total. The third kappa shape index (κ3) is 2.05. The molecule has 0 aromatic heterocycles. The van der Waals surface area contributed by atoms with Crippen LogP contribution in [0.2, 0.25) is 0 Å². The van der Waals surface area contributed by atoms with E-state index in [0.29, 0.717) is 31.5 Å². The van der Waals surface area contributed by atoms with Gasteiger partial charge in [0.2, 0.25) is 11.8 Å². The topological polar surface area (TPSA) is 92.6 Å². The molecule has 0 aliphatic carbocycles. The number of nitrogens with zero attached hydrogens (tertiary/aromatic N) is 2. The quantitative estimate of drug-likeness (QED) is 0.487. The zero-order valence-corrected chi connectivity index (χ0v) is 10.7. The first-order valence-corrected chi connectivity index (χ1v) is 6.39. The van der Waals surface area contributed by atoms with Gasteiger partial charge in [-0.2, -0.15) is 0 Å². The lowest BCUT2D eigenvalue weighted by molar-refractivity contribution is -0.385. The van der Waals surface area contributed by atoms with Crippen molar-refractivity contribution >= 4 is 17.5 Å². The van der Waals surface area contributed by atoms with Crippen LogP contribution in [0, 0.1) is 10.1 Å². The third-order valence-electron chi connectivity index (χ3n) is 3.83. The molecule has 1 aromatic rings. The molecule has 2 aliphatic rings. The number of carbonyl (C=O) groups is 2. The van der Waals surface area contributed by atoms with Gasteiger partial charge in [0.15, 0.2) is 0 Å². The van der Waals surface area contributed by atoms with Crippen molar-refractivity contribution < 1.29 is 14.5 Å². The van der Waals surface area contributed by atoms with E-state index in [1.165, 1.54) is 6.07 Å². The van der Waals surface area contributed by atoms with Crippen LogP contribution in [0.15, 0.2) is 18.2 Å². The lowest BCUT2D eigenvalue weighted by atomic mass is 10.0. The van der Waals surface area contributed by atoms with Crippen LogP contribution < -0.4 is 5.32 Å². The van der Waals surface area contributed by atoms with Gasteiger partial charge in [0.1, 0.15) is 0 Å². The van der Waals surface area contributed by atoms with Crippen LogP contribution in [0.1, 0.15) is 24.0 Å². The molecular weight excluding hydrogens is 262 g/mol. The Kier molecular flexibility index (Phi) is 2.98. The van der Waals surface area contributed by atoms with Gasteiger partial charge in [0, 0.05) is 31.1 Å². The van der Waals surface area contributed by atoms with Crippen molar-refractivity contribution in [1.29, 1.82) is 0 Å². The minimum Gasteiger partial charge on any atom is -0.295 e. The summed E-state index contributed by atoms with van der Waals surface area (Å²) in [5.41, 5.74) is 1.64. The van der Waals surface area contributed by atoms with Crippen molar-refractivity contribution in [3.05, 3.63) is 39.4 Å². The second kappa shape index (κ2) is 4.68. The predicted molar refractivity (Wildman–Crippen MR) is 68.5 cm³/mol. The molecule has 0 unspecified atom stereocenters. The number of benzene rings is 1. The lowest BCUT2D eigenvalue weighted by Crippen LogP contribution is -2.50. The van der Waals surface area contributed by atoms with E-state index in [9.17, 15) is 19.7 Å². The van der Waals surface area contributed by atoms with Gasteiger partial charge in [-0.1, -0.05) is 12.1 Å². The summed E-state index contributed by atoms with van der Waals surface area (Å²) in [5, 5.41) is 13.3. The fourth-order valence-corrected chi connectivity index (χ4v) is 2.85. The number of nitrogens with one attached hydrogen (secondary N) is 1.